The number of esters is 1. The molecule has 0 aliphatic heterocycles. The summed E-state index contributed by atoms with van der Waals surface area (Å²) in [5.41, 5.74) is 0.824. The summed E-state index contributed by atoms with van der Waals surface area (Å²) in [6.07, 6.45) is 0.845. The highest BCUT2D eigenvalue weighted by molar-refractivity contribution is 5.97. The molecule has 0 aromatic heterocycles. The molecule has 0 atom stereocenters. The van der Waals surface area contributed by atoms with Crippen LogP contribution in [-0.4, -0.2) is 44.7 Å². The number of benzene rings is 2. The number of anilines is 1. The lowest BCUT2D eigenvalue weighted by molar-refractivity contribution is -0.149. The SMILES string of the molecule is CCCOc1ccccc1OCC(=O)OCC(=O)Nc1cccc(C(=O)NC)c1. The van der Waals surface area contributed by atoms with E-state index in [0.29, 0.717) is 29.4 Å². The third kappa shape index (κ3) is 7.17. The van der Waals surface area contributed by atoms with Crippen molar-refractivity contribution in [1.29, 1.82) is 0 Å². The zero-order valence-electron chi connectivity index (χ0n) is 16.4. The maximum Gasteiger partial charge on any atom is 0.344 e. The molecule has 0 unspecified atom stereocenters. The molecule has 0 spiro atoms. The fraction of sp³-hybridized carbons (Fsp3) is 0.286. The largest absolute Gasteiger partial charge is 0.490 e. The van der Waals surface area contributed by atoms with Gasteiger partial charge in [-0.05, 0) is 36.8 Å². The van der Waals surface area contributed by atoms with E-state index in [1.54, 1.807) is 42.5 Å². The number of nitrogens with one attached hydrogen (secondary N) is 2. The Bertz CT molecular complexity index is 853. The standard InChI is InChI=1S/C21H24N2O6/c1-3-11-27-17-9-4-5-10-18(17)28-14-20(25)29-13-19(24)23-16-8-6-7-15(12-16)21(26)22-2/h4-10,12H,3,11,13-14H2,1-2H3,(H,22,26)(H,23,24). The molecule has 0 bridgehead atoms. The van der Waals surface area contributed by atoms with Crippen LogP contribution in [0.5, 0.6) is 11.5 Å². The van der Waals surface area contributed by atoms with Crippen molar-refractivity contribution in [2.75, 3.05) is 32.2 Å². The second-order valence-corrected chi connectivity index (χ2v) is 5.95. The Morgan fingerprint density at radius 3 is 2.34 bits per heavy atom. The highest BCUT2D eigenvalue weighted by atomic mass is 16.6. The third-order valence-electron chi connectivity index (χ3n) is 3.66. The lowest BCUT2D eigenvalue weighted by Gasteiger charge is -2.12. The van der Waals surface area contributed by atoms with Gasteiger partial charge in [0, 0.05) is 18.3 Å². The minimum atomic E-state index is -0.690. The van der Waals surface area contributed by atoms with Crippen molar-refractivity contribution in [2.45, 2.75) is 13.3 Å². The molecule has 2 aromatic carbocycles. The van der Waals surface area contributed by atoms with Gasteiger partial charge in [-0.25, -0.2) is 4.79 Å². The Hall–Kier alpha value is -3.55. The minimum absolute atomic E-state index is 0.270. The fourth-order valence-corrected chi connectivity index (χ4v) is 2.30. The van der Waals surface area contributed by atoms with Gasteiger partial charge >= 0.3 is 5.97 Å². The summed E-state index contributed by atoms with van der Waals surface area (Å²) in [5.74, 6) is -0.527. The van der Waals surface area contributed by atoms with Gasteiger partial charge in [0.15, 0.2) is 24.7 Å². The molecule has 0 radical (unpaired) electrons. The number of rotatable bonds is 10. The summed E-state index contributed by atoms with van der Waals surface area (Å²) in [6.45, 7) is 1.69. The van der Waals surface area contributed by atoms with E-state index in [0.717, 1.165) is 6.42 Å². The Morgan fingerprint density at radius 2 is 1.66 bits per heavy atom. The Kier molecular flexibility index (Phi) is 8.50. The van der Waals surface area contributed by atoms with Crippen LogP contribution in [-0.2, 0) is 14.3 Å². The van der Waals surface area contributed by atoms with E-state index in [9.17, 15) is 14.4 Å². The molecule has 154 valence electrons. The molecule has 0 saturated carbocycles. The first-order valence-electron chi connectivity index (χ1n) is 9.15. The number of hydrogen-bond acceptors (Lipinski definition) is 6. The van der Waals surface area contributed by atoms with Crippen LogP contribution in [0.2, 0.25) is 0 Å². The third-order valence-corrected chi connectivity index (χ3v) is 3.66. The minimum Gasteiger partial charge on any atom is -0.490 e. The summed E-state index contributed by atoms with van der Waals surface area (Å²) >= 11 is 0. The molecule has 0 aliphatic carbocycles. The van der Waals surface area contributed by atoms with Gasteiger partial charge in [0.05, 0.1) is 6.61 Å². The summed E-state index contributed by atoms with van der Waals surface area (Å²) in [4.78, 5) is 35.4. The zero-order valence-corrected chi connectivity index (χ0v) is 16.4. The highest BCUT2D eigenvalue weighted by Crippen LogP contribution is 2.26. The van der Waals surface area contributed by atoms with E-state index in [1.165, 1.54) is 13.1 Å². The van der Waals surface area contributed by atoms with Crippen molar-refractivity contribution in [3.63, 3.8) is 0 Å². The van der Waals surface area contributed by atoms with E-state index >= 15 is 0 Å². The summed E-state index contributed by atoms with van der Waals surface area (Å²) in [7, 11) is 1.52. The molecule has 2 rings (SSSR count). The topological polar surface area (TPSA) is 103 Å². The van der Waals surface area contributed by atoms with Gasteiger partial charge in [0.25, 0.3) is 11.8 Å². The molecule has 2 amide bonds. The van der Waals surface area contributed by atoms with Gasteiger partial charge in [0.1, 0.15) is 0 Å². The maximum absolute atomic E-state index is 12.0. The smallest absolute Gasteiger partial charge is 0.344 e. The van der Waals surface area contributed by atoms with Gasteiger partial charge in [0.2, 0.25) is 0 Å². The van der Waals surface area contributed by atoms with Crippen LogP contribution < -0.4 is 20.1 Å². The van der Waals surface area contributed by atoms with Gasteiger partial charge in [-0.2, -0.15) is 0 Å². The van der Waals surface area contributed by atoms with Crippen LogP contribution in [0.1, 0.15) is 23.7 Å². The molecular weight excluding hydrogens is 376 g/mol. The van der Waals surface area contributed by atoms with E-state index < -0.39 is 18.5 Å². The van der Waals surface area contributed by atoms with Gasteiger partial charge in [-0.1, -0.05) is 25.1 Å². The molecule has 0 heterocycles. The molecule has 2 aromatic rings. The molecule has 8 nitrogen and oxygen atoms in total. The van der Waals surface area contributed by atoms with Gasteiger partial charge < -0.3 is 24.8 Å². The van der Waals surface area contributed by atoms with Crippen molar-refractivity contribution >= 4 is 23.5 Å². The van der Waals surface area contributed by atoms with Crippen LogP contribution in [0.3, 0.4) is 0 Å². The average Bonchev–Trinajstić information content (AvgIpc) is 2.75. The fourth-order valence-electron chi connectivity index (χ4n) is 2.30. The summed E-state index contributed by atoms with van der Waals surface area (Å²) in [5, 5.41) is 5.07. The first-order valence-corrected chi connectivity index (χ1v) is 9.15. The van der Waals surface area contributed by atoms with Crippen molar-refractivity contribution in [2.24, 2.45) is 0 Å². The van der Waals surface area contributed by atoms with Gasteiger partial charge in [-0.15, -0.1) is 0 Å². The first kappa shape index (κ1) is 21.7. The summed E-state index contributed by atoms with van der Waals surface area (Å²) in [6, 6.07) is 13.4. The number of hydrogen-bond donors (Lipinski definition) is 2. The van der Waals surface area contributed by atoms with Crippen LogP contribution in [0.15, 0.2) is 48.5 Å². The van der Waals surface area contributed by atoms with Crippen LogP contribution >= 0.6 is 0 Å². The molecule has 0 saturated heterocycles. The normalized spacial score (nSPS) is 10.0. The van der Waals surface area contributed by atoms with Crippen LogP contribution in [0.25, 0.3) is 0 Å². The van der Waals surface area contributed by atoms with Crippen molar-refractivity contribution in [3.05, 3.63) is 54.1 Å². The highest BCUT2D eigenvalue weighted by Gasteiger charge is 2.12. The molecule has 29 heavy (non-hydrogen) atoms. The van der Waals surface area contributed by atoms with E-state index in [2.05, 4.69) is 10.6 Å². The van der Waals surface area contributed by atoms with E-state index in [4.69, 9.17) is 14.2 Å². The lowest BCUT2D eigenvalue weighted by atomic mass is 10.2. The van der Waals surface area contributed by atoms with Crippen LogP contribution in [0, 0.1) is 0 Å². The Labute approximate surface area is 169 Å². The number of para-hydroxylation sites is 2. The molecule has 0 aliphatic rings. The number of carbonyl (C=O) groups is 3. The molecular formula is C21H24N2O6. The predicted molar refractivity (Wildman–Crippen MR) is 107 cm³/mol. The number of carbonyl (C=O) groups excluding carboxylic acids is 3. The Morgan fingerprint density at radius 1 is 0.931 bits per heavy atom. The van der Waals surface area contributed by atoms with E-state index in [1.807, 2.05) is 6.92 Å². The van der Waals surface area contributed by atoms with Crippen molar-refractivity contribution < 1.29 is 28.6 Å². The quantitative estimate of drug-likeness (QED) is 0.594. The average molecular weight is 400 g/mol. The Balaban J connectivity index is 1.79. The monoisotopic (exact) mass is 400 g/mol. The van der Waals surface area contributed by atoms with Gasteiger partial charge in [-0.3, -0.25) is 9.59 Å². The number of ether oxygens (including phenoxy) is 3. The maximum atomic E-state index is 12.0. The van der Waals surface area contributed by atoms with Crippen LogP contribution in [0.4, 0.5) is 5.69 Å². The molecule has 0 fully saturated rings. The van der Waals surface area contributed by atoms with Crippen molar-refractivity contribution in [3.8, 4) is 11.5 Å². The predicted octanol–water partition coefficient (Wildman–Crippen LogP) is 2.40. The van der Waals surface area contributed by atoms with E-state index in [-0.39, 0.29) is 12.5 Å². The number of amides is 2. The molecule has 2 N–H and O–H groups in total. The lowest BCUT2D eigenvalue weighted by Crippen LogP contribution is -2.24. The zero-order chi connectivity index (χ0) is 21.1. The second kappa shape index (κ2) is 11.3. The first-order chi connectivity index (χ1) is 14.0. The summed E-state index contributed by atoms with van der Waals surface area (Å²) < 4.78 is 15.9. The second-order valence-electron chi connectivity index (χ2n) is 5.95. The van der Waals surface area contributed by atoms with Crippen molar-refractivity contribution in [1.82, 2.24) is 5.32 Å². The molecule has 8 heteroatoms.